The molecule has 0 aromatic heterocycles. The fourth-order valence-corrected chi connectivity index (χ4v) is 3.90. The molecule has 0 spiro atoms. The lowest BCUT2D eigenvalue weighted by atomic mass is 9.80. The van der Waals surface area contributed by atoms with Gasteiger partial charge in [-0.25, -0.2) is 13.1 Å². The van der Waals surface area contributed by atoms with Crippen molar-refractivity contribution in [3.05, 3.63) is 23.8 Å². The van der Waals surface area contributed by atoms with E-state index in [1.165, 1.54) is 6.07 Å². The fraction of sp³-hybridized carbons (Fsp3) is 0.571. The molecule has 1 fully saturated rings. The van der Waals surface area contributed by atoms with Gasteiger partial charge in [0.25, 0.3) is 0 Å². The van der Waals surface area contributed by atoms with Crippen LogP contribution in [0.25, 0.3) is 0 Å². The summed E-state index contributed by atoms with van der Waals surface area (Å²) < 4.78 is 33.0. The summed E-state index contributed by atoms with van der Waals surface area (Å²) in [6.45, 7) is 2.23. The first kappa shape index (κ1) is 15.3. The van der Waals surface area contributed by atoms with Gasteiger partial charge < -0.3 is 10.5 Å². The van der Waals surface area contributed by atoms with Gasteiger partial charge in [-0.05, 0) is 43.4 Å². The van der Waals surface area contributed by atoms with Crippen LogP contribution in [0.15, 0.2) is 23.1 Å². The zero-order chi connectivity index (χ0) is 14.8. The van der Waals surface area contributed by atoms with E-state index in [0.29, 0.717) is 18.7 Å². The molecule has 0 unspecified atom stereocenters. The maximum atomic E-state index is 12.4. The third-order valence-electron chi connectivity index (χ3n) is 4.04. The molecule has 20 heavy (non-hydrogen) atoms. The summed E-state index contributed by atoms with van der Waals surface area (Å²) in [5.74, 6) is 0. The number of hydrogen-bond acceptors (Lipinski definition) is 4. The molecule has 1 aliphatic rings. The van der Waals surface area contributed by atoms with Crippen LogP contribution in [0.4, 0.5) is 5.69 Å². The van der Waals surface area contributed by atoms with Crippen molar-refractivity contribution in [3.63, 3.8) is 0 Å². The van der Waals surface area contributed by atoms with Gasteiger partial charge in [-0.15, -0.1) is 0 Å². The molecule has 6 heteroatoms. The van der Waals surface area contributed by atoms with Gasteiger partial charge in [0.1, 0.15) is 0 Å². The van der Waals surface area contributed by atoms with Crippen molar-refractivity contribution < 1.29 is 13.2 Å². The molecule has 0 aliphatic heterocycles. The zero-order valence-corrected chi connectivity index (χ0v) is 12.8. The Balaban J connectivity index is 2.20. The Morgan fingerprint density at radius 3 is 2.60 bits per heavy atom. The number of sulfonamides is 1. The predicted octanol–water partition coefficient (Wildman–Crippen LogP) is 1.68. The van der Waals surface area contributed by atoms with Crippen molar-refractivity contribution in [2.45, 2.75) is 43.1 Å². The molecular formula is C14H22N2O3S. The maximum Gasteiger partial charge on any atom is 0.241 e. The first-order valence-corrected chi connectivity index (χ1v) is 8.34. The lowest BCUT2D eigenvalue weighted by Crippen LogP contribution is -2.49. The first-order chi connectivity index (χ1) is 9.42. The molecule has 0 saturated heterocycles. The van der Waals surface area contributed by atoms with Crippen LogP contribution in [-0.2, 0) is 21.2 Å². The van der Waals surface area contributed by atoms with Gasteiger partial charge in [-0.2, -0.15) is 0 Å². The normalized spacial score (nSPS) is 17.7. The third-order valence-corrected chi connectivity index (χ3v) is 5.53. The Labute approximate surface area is 120 Å². The van der Waals surface area contributed by atoms with E-state index in [4.69, 9.17) is 10.5 Å². The number of nitrogens with one attached hydrogen (secondary N) is 1. The maximum absolute atomic E-state index is 12.4. The number of aryl methyl sites for hydroxylation is 1. The average molecular weight is 298 g/mol. The molecule has 0 radical (unpaired) electrons. The highest BCUT2D eigenvalue weighted by molar-refractivity contribution is 7.89. The molecule has 0 atom stereocenters. The Morgan fingerprint density at radius 2 is 2.10 bits per heavy atom. The van der Waals surface area contributed by atoms with Crippen LogP contribution in [0, 0.1) is 0 Å². The molecular weight excluding hydrogens is 276 g/mol. The van der Waals surface area contributed by atoms with Crippen molar-refractivity contribution >= 4 is 15.7 Å². The second-order valence-corrected chi connectivity index (χ2v) is 7.02. The van der Waals surface area contributed by atoms with E-state index in [1.807, 2.05) is 6.92 Å². The van der Waals surface area contributed by atoms with E-state index in [0.717, 1.165) is 24.8 Å². The minimum absolute atomic E-state index is 0.269. The van der Waals surface area contributed by atoms with Crippen LogP contribution in [0.2, 0.25) is 0 Å². The number of anilines is 1. The van der Waals surface area contributed by atoms with Gasteiger partial charge in [-0.1, -0.05) is 13.0 Å². The highest BCUT2D eigenvalue weighted by Gasteiger charge is 2.38. The third kappa shape index (κ3) is 2.97. The van der Waals surface area contributed by atoms with Crippen molar-refractivity contribution in [1.82, 2.24) is 4.72 Å². The molecule has 1 aliphatic carbocycles. The van der Waals surface area contributed by atoms with Crippen molar-refractivity contribution in [1.29, 1.82) is 0 Å². The molecule has 5 nitrogen and oxygen atoms in total. The summed E-state index contributed by atoms with van der Waals surface area (Å²) in [5, 5.41) is 0. The number of nitrogens with two attached hydrogens (primary N) is 1. The second-order valence-electron chi connectivity index (χ2n) is 5.29. The Kier molecular flexibility index (Phi) is 4.36. The molecule has 0 amide bonds. The highest BCUT2D eigenvalue weighted by Crippen LogP contribution is 2.34. The Morgan fingerprint density at radius 1 is 1.40 bits per heavy atom. The number of ether oxygens (including phenoxy) is 1. The van der Waals surface area contributed by atoms with Crippen molar-refractivity contribution in [2.24, 2.45) is 0 Å². The molecule has 0 bridgehead atoms. The first-order valence-electron chi connectivity index (χ1n) is 6.86. The second kappa shape index (κ2) is 5.71. The van der Waals surface area contributed by atoms with E-state index >= 15 is 0 Å². The Bertz CT molecular complexity index is 575. The molecule has 3 N–H and O–H groups in total. The summed E-state index contributed by atoms with van der Waals surface area (Å²) in [6, 6.07) is 5.00. The number of methoxy groups -OCH3 is 1. The molecule has 1 saturated carbocycles. The van der Waals surface area contributed by atoms with Crippen molar-refractivity contribution in [2.75, 3.05) is 19.4 Å². The van der Waals surface area contributed by atoms with Crippen molar-refractivity contribution in [3.8, 4) is 0 Å². The predicted molar refractivity (Wildman–Crippen MR) is 79.0 cm³/mol. The van der Waals surface area contributed by atoms with Gasteiger partial charge in [0.05, 0.1) is 10.5 Å². The van der Waals surface area contributed by atoms with Crippen LogP contribution in [0.3, 0.4) is 0 Å². The highest BCUT2D eigenvalue weighted by atomic mass is 32.2. The summed E-state index contributed by atoms with van der Waals surface area (Å²) in [6.07, 6.45) is 3.51. The number of rotatable bonds is 6. The smallest absolute Gasteiger partial charge is 0.241 e. The van der Waals surface area contributed by atoms with Gasteiger partial charge >= 0.3 is 0 Å². The quantitative estimate of drug-likeness (QED) is 0.783. The largest absolute Gasteiger partial charge is 0.399 e. The fourth-order valence-electron chi connectivity index (χ4n) is 2.44. The zero-order valence-electron chi connectivity index (χ0n) is 12.0. The van der Waals surface area contributed by atoms with Gasteiger partial charge in [0.2, 0.25) is 10.0 Å². The summed E-state index contributed by atoms with van der Waals surface area (Å²) in [4.78, 5) is 0.269. The average Bonchev–Trinajstić information content (AvgIpc) is 2.38. The standard InChI is InChI=1S/C14H22N2O3S/c1-3-11-5-6-12(15)9-13(11)20(17,18)16-10-14(19-2)7-4-8-14/h5-6,9,16H,3-4,7-8,10,15H2,1-2H3. The van der Waals surface area contributed by atoms with E-state index in [-0.39, 0.29) is 10.5 Å². The van der Waals surface area contributed by atoms with Crippen LogP contribution in [0.5, 0.6) is 0 Å². The SMILES string of the molecule is CCc1ccc(N)cc1S(=O)(=O)NCC1(OC)CCC1. The summed E-state index contributed by atoms with van der Waals surface area (Å²) >= 11 is 0. The van der Waals surface area contributed by atoms with Gasteiger partial charge in [0, 0.05) is 19.3 Å². The molecule has 0 heterocycles. The minimum Gasteiger partial charge on any atom is -0.399 e. The van der Waals surface area contributed by atoms with E-state index in [9.17, 15) is 8.42 Å². The number of nitrogen functional groups attached to an aromatic ring is 1. The number of benzene rings is 1. The minimum atomic E-state index is -3.56. The topological polar surface area (TPSA) is 81.4 Å². The van der Waals surface area contributed by atoms with Crippen LogP contribution in [0.1, 0.15) is 31.7 Å². The van der Waals surface area contributed by atoms with E-state index < -0.39 is 10.0 Å². The molecule has 1 aromatic carbocycles. The van der Waals surface area contributed by atoms with Crippen LogP contribution >= 0.6 is 0 Å². The summed E-state index contributed by atoms with van der Waals surface area (Å²) in [7, 11) is -1.92. The van der Waals surface area contributed by atoms with Crippen LogP contribution < -0.4 is 10.5 Å². The van der Waals surface area contributed by atoms with Gasteiger partial charge in [0.15, 0.2) is 0 Å². The van der Waals surface area contributed by atoms with Gasteiger partial charge in [-0.3, -0.25) is 0 Å². The molecule has 2 rings (SSSR count). The monoisotopic (exact) mass is 298 g/mol. The van der Waals surface area contributed by atoms with E-state index in [1.54, 1.807) is 19.2 Å². The number of hydrogen-bond donors (Lipinski definition) is 2. The Hall–Kier alpha value is -1.11. The molecule has 1 aromatic rings. The van der Waals surface area contributed by atoms with E-state index in [2.05, 4.69) is 4.72 Å². The van der Waals surface area contributed by atoms with Crippen LogP contribution in [-0.4, -0.2) is 27.7 Å². The molecule has 112 valence electrons. The lowest BCUT2D eigenvalue weighted by Gasteiger charge is -2.40. The lowest BCUT2D eigenvalue weighted by molar-refractivity contribution is -0.0659. The summed E-state index contributed by atoms with van der Waals surface area (Å²) in [5.41, 5.74) is 6.60.